The van der Waals surface area contributed by atoms with Crippen LogP contribution in [0.3, 0.4) is 0 Å². The second kappa shape index (κ2) is 6.54. The van der Waals surface area contributed by atoms with Crippen LogP contribution in [0.25, 0.3) is 4.85 Å². The van der Waals surface area contributed by atoms with Gasteiger partial charge in [0.25, 0.3) is 0 Å². The molecule has 5 unspecified atom stereocenters. The van der Waals surface area contributed by atoms with Crippen molar-refractivity contribution in [3.63, 3.8) is 0 Å². The molecule has 3 fully saturated rings. The number of fused-ring (bicyclic) bond motifs is 5. The summed E-state index contributed by atoms with van der Waals surface area (Å²) in [5.74, 6) is 2.45. The molecule has 160 valence electrons. The van der Waals surface area contributed by atoms with E-state index in [4.69, 9.17) is 11.0 Å². The van der Waals surface area contributed by atoms with Gasteiger partial charge in [-0.3, -0.25) is 0 Å². The van der Waals surface area contributed by atoms with Crippen molar-refractivity contribution in [2.24, 2.45) is 39.9 Å². The van der Waals surface area contributed by atoms with Crippen molar-refractivity contribution in [3.8, 4) is 0 Å². The minimum atomic E-state index is -1.55. The van der Waals surface area contributed by atoms with Crippen molar-refractivity contribution in [3.05, 3.63) is 23.2 Å². The van der Waals surface area contributed by atoms with E-state index in [2.05, 4.69) is 58.3 Å². The van der Waals surface area contributed by atoms with Gasteiger partial charge in [0.2, 0.25) is 5.70 Å². The first-order valence-electron chi connectivity index (χ1n) is 11.7. The van der Waals surface area contributed by atoms with Crippen LogP contribution in [0.2, 0.25) is 19.6 Å². The molecule has 29 heavy (non-hydrogen) atoms. The zero-order chi connectivity index (χ0) is 21.4. The number of rotatable bonds is 2. The second-order valence-electron chi connectivity index (χ2n) is 12.4. The molecular weight excluding hydrogens is 374 g/mol. The Morgan fingerprint density at radius 2 is 1.72 bits per heavy atom. The van der Waals surface area contributed by atoms with Crippen molar-refractivity contribution >= 4 is 14.1 Å². The van der Waals surface area contributed by atoms with E-state index in [9.17, 15) is 4.79 Å². The minimum Gasteiger partial charge on any atom is -0.414 e. The highest BCUT2D eigenvalue weighted by atomic mass is 28.4. The summed E-state index contributed by atoms with van der Waals surface area (Å²) >= 11 is 0. The molecule has 4 rings (SSSR count). The average Bonchev–Trinajstić information content (AvgIpc) is 2.93. The molecule has 0 aromatic carbocycles. The van der Waals surface area contributed by atoms with Crippen LogP contribution in [0.5, 0.6) is 0 Å². The minimum absolute atomic E-state index is 0.0285. The van der Waals surface area contributed by atoms with Crippen LogP contribution in [0.1, 0.15) is 66.2 Å². The predicted molar refractivity (Wildman–Crippen MR) is 120 cm³/mol. The van der Waals surface area contributed by atoms with Crippen LogP contribution in [0.4, 0.5) is 0 Å². The van der Waals surface area contributed by atoms with E-state index in [1.807, 2.05) is 0 Å². The smallest absolute Gasteiger partial charge is 0.226 e. The summed E-state index contributed by atoms with van der Waals surface area (Å²) in [6.07, 6.45) is 9.82. The normalized spacial score (nSPS) is 46.2. The Kier molecular flexibility index (Phi) is 4.80. The lowest BCUT2D eigenvalue weighted by Gasteiger charge is -2.62. The van der Waals surface area contributed by atoms with Crippen LogP contribution < -0.4 is 0 Å². The number of nitrogens with zero attached hydrogens (tertiary/aromatic N) is 1. The molecule has 0 saturated heterocycles. The first-order valence-corrected chi connectivity index (χ1v) is 15.1. The van der Waals surface area contributed by atoms with Crippen LogP contribution in [-0.4, -0.2) is 20.2 Å². The van der Waals surface area contributed by atoms with Gasteiger partial charge < -0.3 is 9.22 Å². The lowest BCUT2D eigenvalue weighted by Crippen LogP contribution is -2.58. The second-order valence-corrected chi connectivity index (χ2v) is 16.9. The number of Topliss-reactive ketones (excluding diaryl/α,β-unsaturated/α-hetero) is 1. The molecule has 4 heteroatoms. The van der Waals surface area contributed by atoms with Gasteiger partial charge in [0, 0.05) is 5.41 Å². The largest absolute Gasteiger partial charge is 0.414 e. The van der Waals surface area contributed by atoms with Crippen molar-refractivity contribution in [2.75, 3.05) is 0 Å². The van der Waals surface area contributed by atoms with Crippen LogP contribution >= 0.6 is 0 Å². The number of carbonyl (C=O) groups excluding carboxylic acids is 1. The molecule has 0 N–H and O–H groups in total. The molecule has 0 aromatic heterocycles. The highest BCUT2D eigenvalue weighted by Gasteiger charge is 2.63. The first-order chi connectivity index (χ1) is 13.3. The third kappa shape index (κ3) is 3.02. The van der Waals surface area contributed by atoms with E-state index < -0.39 is 13.7 Å². The van der Waals surface area contributed by atoms with E-state index in [0.717, 1.165) is 12.3 Å². The van der Waals surface area contributed by atoms with Gasteiger partial charge in [0.15, 0.2) is 14.1 Å². The van der Waals surface area contributed by atoms with E-state index >= 15 is 0 Å². The highest BCUT2D eigenvalue weighted by molar-refractivity contribution is 6.69. The quantitative estimate of drug-likeness (QED) is 0.383. The number of carbonyl (C=O) groups is 1. The SMILES string of the molecule is [C-]#[N+]C1=C[C@]2(C)C3CC[C@]4(C)C(O[Si](C)(C)C)CCC4C3CCC2C(C)(C)C1=O. The Labute approximate surface area is 178 Å². The Morgan fingerprint density at radius 3 is 2.34 bits per heavy atom. The van der Waals surface area contributed by atoms with Crippen LogP contribution in [-0.2, 0) is 9.22 Å². The lowest BCUT2D eigenvalue weighted by molar-refractivity contribution is -0.143. The van der Waals surface area contributed by atoms with Gasteiger partial charge in [-0.25, -0.2) is 4.85 Å². The van der Waals surface area contributed by atoms with E-state index in [1.165, 1.54) is 32.1 Å². The molecule has 4 aliphatic rings. The van der Waals surface area contributed by atoms with Crippen molar-refractivity contribution in [1.29, 1.82) is 0 Å². The molecule has 0 radical (unpaired) electrons. The van der Waals surface area contributed by atoms with Gasteiger partial charge in [-0.2, -0.15) is 0 Å². The summed E-state index contributed by atoms with van der Waals surface area (Å²) in [6, 6.07) is 0. The molecule has 4 aliphatic carbocycles. The number of hydrogen-bond acceptors (Lipinski definition) is 2. The van der Waals surface area contributed by atoms with Gasteiger partial charge in [-0.05, 0) is 92.7 Å². The first kappa shape index (κ1) is 21.3. The molecule has 0 amide bonds. The monoisotopic (exact) mass is 413 g/mol. The molecule has 0 heterocycles. The van der Waals surface area contributed by atoms with Gasteiger partial charge in [-0.15, -0.1) is 0 Å². The zero-order valence-corrected chi connectivity index (χ0v) is 20.5. The van der Waals surface area contributed by atoms with Crippen molar-refractivity contribution in [2.45, 2.75) is 92.0 Å². The molecule has 0 aromatic rings. The number of allylic oxidation sites excluding steroid dienone is 2. The lowest BCUT2D eigenvalue weighted by atomic mass is 9.43. The van der Waals surface area contributed by atoms with Gasteiger partial charge in [0.05, 0.1) is 12.7 Å². The van der Waals surface area contributed by atoms with Crippen molar-refractivity contribution in [1.82, 2.24) is 0 Å². The van der Waals surface area contributed by atoms with Gasteiger partial charge in [0.1, 0.15) is 0 Å². The van der Waals surface area contributed by atoms with E-state index in [1.54, 1.807) is 0 Å². The number of ketones is 1. The third-order valence-corrected chi connectivity index (χ3v) is 10.4. The summed E-state index contributed by atoms with van der Waals surface area (Å²) < 4.78 is 6.71. The molecular formula is C25H39NO2Si. The summed E-state index contributed by atoms with van der Waals surface area (Å²) in [5, 5.41) is 0. The zero-order valence-electron chi connectivity index (χ0n) is 19.5. The molecule has 7 atom stereocenters. The standard InChI is InChI=1S/C25H39NO2Si/c1-23(2)20-11-9-16-17-10-12-21(28-29(6,7)8)24(17,3)14-13-18(16)25(20,4)15-19(26-5)22(23)27/h15-18,20-21H,9-14H2,1-4,6-8H3/t16?,17?,18?,20?,21?,24-,25+/m0/s1. The molecule has 0 bridgehead atoms. The highest BCUT2D eigenvalue weighted by Crippen LogP contribution is 2.68. The molecule has 0 aliphatic heterocycles. The fraction of sp³-hybridized carbons (Fsp3) is 0.840. The van der Waals surface area contributed by atoms with Crippen LogP contribution in [0.15, 0.2) is 11.8 Å². The van der Waals surface area contributed by atoms with Crippen molar-refractivity contribution < 1.29 is 9.22 Å². The van der Waals surface area contributed by atoms with Gasteiger partial charge >= 0.3 is 0 Å². The van der Waals surface area contributed by atoms with E-state index in [-0.39, 0.29) is 11.2 Å². The van der Waals surface area contributed by atoms with E-state index in [0.29, 0.717) is 35.0 Å². The average molecular weight is 414 g/mol. The number of hydrogen-bond donors (Lipinski definition) is 0. The predicted octanol–water partition coefficient (Wildman–Crippen LogP) is 6.48. The molecule has 3 nitrogen and oxygen atoms in total. The maximum Gasteiger partial charge on any atom is 0.226 e. The molecule has 0 spiro atoms. The summed E-state index contributed by atoms with van der Waals surface area (Å²) in [4.78, 5) is 16.6. The fourth-order valence-corrected chi connectivity index (χ4v) is 9.48. The summed E-state index contributed by atoms with van der Waals surface area (Å²) in [6.45, 7) is 23.6. The van der Waals surface area contributed by atoms with Crippen LogP contribution in [0, 0.1) is 46.5 Å². The Bertz CT molecular complexity index is 788. The fourth-order valence-electron chi connectivity index (χ4n) is 8.24. The van der Waals surface area contributed by atoms with Gasteiger partial charge in [-0.1, -0.05) is 33.8 Å². The third-order valence-electron chi connectivity index (χ3n) is 9.44. The summed E-state index contributed by atoms with van der Waals surface area (Å²) in [7, 11) is -1.55. The summed E-state index contributed by atoms with van der Waals surface area (Å²) in [5.41, 5.74) is 0.249. The Hall–Kier alpha value is -0.923. The Morgan fingerprint density at radius 1 is 1.03 bits per heavy atom. The Balaban J connectivity index is 1.68. The maximum atomic E-state index is 12.9. The maximum absolute atomic E-state index is 12.9. The molecule has 3 saturated carbocycles. The topological polar surface area (TPSA) is 30.7 Å².